The van der Waals surface area contributed by atoms with Crippen molar-refractivity contribution in [1.82, 2.24) is 9.97 Å². The second-order valence-electron chi connectivity index (χ2n) is 4.69. The SMILES string of the molecule is CCCNc1cncc(N(CC)Cc2ccccn2)c1. The zero-order valence-electron chi connectivity index (χ0n) is 12.2. The van der Waals surface area contributed by atoms with Crippen LogP contribution < -0.4 is 10.2 Å². The molecule has 20 heavy (non-hydrogen) atoms. The highest BCUT2D eigenvalue weighted by Gasteiger charge is 2.07. The first-order chi connectivity index (χ1) is 9.83. The molecule has 0 aromatic carbocycles. The molecule has 2 aromatic heterocycles. The summed E-state index contributed by atoms with van der Waals surface area (Å²) in [5, 5.41) is 3.37. The molecule has 0 radical (unpaired) electrons. The molecule has 2 aromatic rings. The van der Waals surface area contributed by atoms with Gasteiger partial charge in [-0.05, 0) is 31.5 Å². The Labute approximate surface area is 120 Å². The van der Waals surface area contributed by atoms with Crippen molar-refractivity contribution in [3.05, 3.63) is 48.5 Å². The molecule has 0 aliphatic rings. The molecule has 2 rings (SSSR count). The number of rotatable bonds is 7. The molecule has 0 amide bonds. The zero-order chi connectivity index (χ0) is 14.2. The van der Waals surface area contributed by atoms with Crippen molar-refractivity contribution in [2.45, 2.75) is 26.8 Å². The first-order valence-corrected chi connectivity index (χ1v) is 7.17. The van der Waals surface area contributed by atoms with Crippen molar-refractivity contribution in [2.24, 2.45) is 0 Å². The Morgan fingerprint density at radius 1 is 1.20 bits per heavy atom. The van der Waals surface area contributed by atoms with Gasteiger partial charge in [-0.3, -0.25) is 9.97 Å². The summed E-state index contributed by atoms with van der Waals surface area (Å²) in [5.41, 5.74) is 3.27. The van der Waals surface area contributed by atoms with Gasteiger partial charge < -0.3 is 10.2 Å². The van der Waals surface area contributed by atoms with Gasteiger partial charge in [-0.15, -0.1) is 0 Å². The lowest BCUT2D eigenvalue weighted by atomic mass is 10.3. The van der Waals surface area contributed by atoms with Gasteiger partial charge in [0, 0.05) is 19.3 Å². The van der Waals surface area contributed by atoms with Crippen LogP contribution >= 0.6 is 0 Å². The maximum absolute atomic E-state index is 4.39. The average molecular weight is 270 g/mol. The van der Waals surface area contributed by atoms with Crippen LogP contribution in [0.3, 0.4) is 0 Å². The predicted octanol–water partition coefficient (Wildman–Crippen LogP) is 3.33. The Bertz CT molecular complexity index is 513. The number of pyridine rings is 2. The minimum atomic E-state index is 0.802. The molecule has 0 atom stereocenters. The maximum Gasteiger partial charge on any atom is 0.0602 e. The third-order valence-electron chi connectivity index (χ3n) is 3.13. The van der Waals surface area contributed by atoms with E-state index in [-0.39, 0.29) is 0 Å². The second-order valence-corrected chi connectivity index (χ2v) is 4.69. The van der Waals surface area contributed by atoms with Crippen LogP contribution in [0.15, 0.2) is 42.9 Å². The fraction of sp³-hybridized carbons (Fsp3) is 0.375. The molecule has 0 saturated carbocycles. The van der Waals surface area contributed by atoms with Crippen molar-refractivity contribution >= 4 is 11.4 Å². The molecule has 4 nitrogen and oxygen atoms in total. The lowest BCUT2D eigenvalue weighted by molar-refractivity contribution is 0.807. The van der Waals surface area contributed by atoms with Gasteiger partial charge in [0.2, 0.25) is 0 Å². The smallest absolute Gasteiger partial charge is 0.0602 e. The maximum atomic E-state index is 4.39. The van der Waals surface area contributed by atoms with Crippen molar-refractivity contribution in [2.75, 3.05) is 23.3 Å². The van der Waals surface area contributed by atoms with Crippen LogP contribution in [0.1, 0.15) is 26.0 Å². The van der Waals surface area contributed by atoms with E-state index >= 15 is 0 Å². The summed E-state index contributed by atoms with van der Waals surface area (Å²) in [6.07, 6.45) is 6.72. The summed E-state index contributed by atoms with van der Waals surface area (Å²) in [5.74, 6) is 0. The Hall–Kier alpha value is -2.10. The largest absolute Gasteiger partial charge is 0.384 e. The Balaban J connectivity index is 2.10. The number of hydrogen-bond acceptors (Lipinski definition) is 4. The number of nitrogens with one attached hydrogen (secondary N) is 1. The molecule has 0 aliphatic heterocycles. The monoisotopic (exact) mass is 270 g/mol. The van der Waals surface area contributed by atoms with E-state index in [2.05, 4.69) is 46.2 Å². The van der Waals surface area contributed by atoms with Gasteiger partial charge in [0.05, 0.1) is 36.0 Å². The molecule has 0 aliphatic carbocycles. The van der Waals surface area contributed by atoms with Gasteiger partial charge in [0.15, 0.2) is 0 Å². The summed E-state index contributed by atoms with van der Waals surface area (Å²) < 4.78 is 0. The van der Waals surface area contributed by atoms with Crippen LogP contribution in [0.5, 0.6) is 0 Å². The number of aromatic nitrogens is 2. The van der Waals surface area contributed by atoms with Crippen LogP contribution in [0.2, 0.25) is 0 Å². The van der Waals surface area contributed by atoms with Gasteiger partial charge in [-0.2, -0.15) is 0 Å². The van der Waals surface area contributed by atoms with Crippen LogP contribution in [-0.2, 0) is 6.54 Å². The van der Waals surface area contributed by atoms with E-state index in [1.54, 1.807) is 0 Å². The fourth-order valence-corrected chi connectivity index (χ4v) is 2.04. The van der Waals surface area contributed by atoms with Crippen molar-refractivity contribution in [3.8, 4) is 0 Å². The highest BCUT2D eigenvalue weighted by Crippen LogP contribution is 2.19. The lowest BCUT2D eigenvalue weighted by Gasteiger charge is -2.23. The van der Waals surface area contributed by atoms with E-state index < -0.39 is 0 Å². The van der Waals surface area contributed by atoms with Crippen LogP contribution in [0.25, 0.3) is 0 Å². The molecule has 106 valence electrons. The Morgan fingerprint density at radius 3 is 2.80 bits per heavy atom. The molecule has 2 heterocycles. The zero-order valence-corrected chi connectivity index (χ0v) is 12.2. The van der Waals surface area contributed by atoms with Crippen molar-refractivity contribution < 1.29 is 0 Å². The summed E-state index contributed by atoms with van der Waals surface area (Å²) >= 11 is 0. The summed E-state index contributed by atoms with van der Waals surface area (Å²) in [6, 6.07) is 8.16. The van der Waals surface area contributed by atoms with Crippen molar-refractivity contribution in [3.63, 3.8) is 0 Å². The molecular weight excluding hydrogens is 248 g/mol. The third-order valence-corrected chi connectivity index (χ3v) is 3.13. The highest BCUT2D eigenvalue weighted by molar-refractivity contribution is 5.55. The fourth-order valence-electron chi connectivity index (χ4n) is 2.04. The molecule has 0 spiro atoms. The normalized spacial score (nSPS) is 10.3. The van der Waals surface area contributed by atoms with Gasteiger partial charge in [0.1, 0.15) is 0 Å². The summed E-state index contributed by atoms with van der Waals surface area (Å²) in [6.45, 7) is 7.00. The number of nitrogens with zero attached hydrogens (tertiary/aromatic N) is 3. The number of hydrogen-bond donors (Lipinski definition) is 1. The van der Waals surface area contributed by atoms with Crippen LogP contribution in [-0.4, -0.2) is 23.1 Å². The average Bonchev–Trinajstić information content (AvgIpc) is 2.52. The van der Waals surface area contributed by atoms with Crippen LogP contribution in [0.4, 0.5) is 11.4 Å². The molecule has 0 saturated heterocycles. The third kappa shape index (κ3) is 3.95. The first-order valence-electron chi connectivity index (χ1n) is 7.17. The predicted molar refractivity (Wildman–Crippen MR) is 84.0 cm³/mol. The van der Waals surface area contributed by atoms with Gasteiger partial charge >= 0.3 is 0 Å². The Kier molecular flexibility index (Phi) is 5.35. The molecule has 1 N–H and O–H groups in total. The molecule has 0 fully saturated rings. The molecular formula is C16H22N4. The van der Waals surface area contributed by atoms with Crippen LogP contribution in [0, 0.1) is 0 Å². The van der Waals surface area contributed by atoms with E-state index in [0.717, 1.165) is 43.1 Å². The van der Waals surface area contributed by atoms with E-state index in [1.165, 1.54) is 0 Å². The topological polar surface area (TPSA) is 41.1 Å². The van der Waals surface area contributed by atoms with Gasteiger partial charge in [-0.25, -0.2) is 0 Å². The minimum absolute atomic E-state index is 0.802. The van der Waals surface area contributed by atoms with E-state index in [1.807, 2.05) is 30.7 Å². The minimum Gasteiger partial charge on any atom is -0.384 e. The summed E-state index contributed by atoms with van der Waals surface area (Å²) in [7, 11) is 0. The summed E-state index contributed by atoms with van der Waals surface area (Å²) in [4.78, 5) is 11.0. The standard InChI is InChI=1S/C16H22N4/c1-3-8-18-15-10-16(12-17-11-15)20(4-2)13-14-7-5-6-9-19-14/h5-7,9-12,18H,3-4,8,13H2,1-2H3. The quantitative estimate of drug-likeness (QED) is 0.838. The molecule has 4 heteroatoms. The number of anilines is 2. The molecule has 0 bridgehead atoms. The van der Waals surface area contributed by atoms with E-state index in [9.17, 15) is 0 Å². The lowest BCUT2D eigenvalue weighted by Crippen LogP contribution is -2.22. The molecule has 0 unspecified atom stereocenters. The highest BCUT2D eigenvalue weighted by atomic mass is 15.1. The van der Waals surface area contributed by atoms with Gasteiger partial charge in [-0.1, -0.05) is 13.0 Å². The van der Waals surface area contributed by atoms with Crippen molar-refractivity contribution in [1.29, 1.82) is 0 Å². The van der Waals surface area contributed by atoms with Gasteiger partial charge in [0.25, 0.3) is 0 Å². The second kappa shape index (κ2) is 7.48. The van der Waals surface area contributed by atoms with E-state index in [0.29, 0.717) is 0 Å². The van der Waals surface area contributed by atoms with E-state index in [4.69, 9.17) is 0 Å². The first kappa shape index (κ1) is 14.3. The Morgan fingerprint density at radius 2 is 2.10 bits per heavy atom.